The third-order valence-corrected chi connectivity index (χ3v) is 19.1. The third-order valence-electron chi connectivity index (χ3n) is 19.1. The summed E-state index contributed by atoms with van der Waals surface area (Å²) in [5.41, 5.74) is 5.00. The molecule has 2 atom stereocenters. The minimum absolute atomic E-state index is 0.0488. The molecule has 7 aliphatic rings. The summed E-state index contributed by atoms with van der Waals surface area (Å²) in [5.74, 6) is -2.77. The standard InChI is InChI=1S/C32H39FN6O7.C25H29FN4O5.C9H18N2O2.C4H4O3/c1-20-23(8-12-36-10-6-21(7-11-36)30-24-5-4-22(33)17-26(24)46-35-30)32(44)39-9-2-3-25(31(39)34-20)45-19-28(41)38-15-13-37(14-16-38)27(40)18-29(42)43;1-15-18(25(33)30-9-2-3-20(24(30)27-15)34-14-22(31)32)8-12-29-10-6-16(7-11-29)23-19-5-4-17(26)13-21(19)35-28-23;1-9(2,3)13-8(12)11-6-4-10-5-7-11;5-3-1-2-4(6)7-3/h4-5,17,21,25H,2-3,6-16,18-19H2,1H3,(H,42,43);4-5,13,16,20H,2-3,6-12,14H2,1H3,(H,31,32);10H,4-7H2,1-3H3;1-2H2. The van der Waals surface area contributed by atoms with Crippen LogP contribution in [0, 0.1) is 25.5 Å². The van der Waals surface area contributed by atoms with Crippen molar-refractivity contribution in [3.05, 3.63) is 114 Å². The molecule has 6 aromatic rings. The van der Waals surface area contributed by atoms with Crippen LogP contribution >= 0.6 is 0 Å². The van der Waals surface area contributed by atoms with Gasteiger partial charge >= 0.3 is 30.0 Å². The Morgan fingerprint density at radius 1 is 0.574 bits per heavy atom. The first-order valence-corrected chi connectivity index (χ1v) is 34.8. The first-order valence-electron chi connectivity index (χ1n) is 34.8. The molecule has 546 valence electrons. The molecule has 0 radical (unpaired) electrons. The van der Waals surface area contributed by atoms with Crippen LogP contribution in [0.3, 0.4) is 0 Å². The molecule has 0 saturated carbocycles. The molecule has 0 aliphatic carbocycles. The lowest BCUT2D eigenvalue weighted by atomic mass is 9.91. The van der Waals surface area contributed by atoms with Gasteiger partial charge in [-0.1, -0.05) is 10.3 Å². The van der Waals surface area contributed by atoms with Crippen LogP contribution < -0.4 is 16.4 Å². The van der Waals surface area contributed by atoms with Gasteiger partial charge in [-0.15, -0.1) is 0 Å². The minimum atomic E-state index is -1.17. The molecule has 13 rings (SSSR count). The first kappa shape index (κ1) is 74.8. The first-order chi connectivity index (χ1) is 48.4. The van der Waals surface area contributed by atoms with Crippen molar-refractivity contribution in [2.24, 2.45) is 0 Å². The van der Waals surface area contributed by atoms with Crippen LogP contribution in [0.5, 0.6) is 0 Å². The van der Waals surface area contributed by atoms with E-state index < -0.39 is 55.0 Å². The average molecular weight is 1410 g/mol. The monoisotopic (exact) mass is 1410 g/mol. The van der Waals surface area contributed by atoms with Crippen molar-refractivity contribution < 1.29 is 80.5 Å². The summed E-state index contributed by atoms with van der Waals surface area (Å²) in [5, 5.41) is 31.1. The van der Waals surface area contributed by atoms with E-state index in [4.69, 9.17) is 38.5 Å². The molecule has 29 nitrogen and oxygen atoms in total. The number of carboxylic acids is 2. The number of amides is 3. The fraction of sp³-hybridized carbons (Fsp3) is 0.586. The summed E-state index contributed by atoms with van der Waals surface area (Å²) in [7, 11) is 0. The van der Waals surface area contributed by atoms with Gasteiger partial charge in [-0.25, -0.2) is 28.3 Å². The van der Waals surface area contributed by atoms with E-state index in [1.54, 1.807) is 31.1 Å². The van der Waals surface area contributed by atoms with Gasteiger partial charge in [0.25, 0.3) is 11.1 Å². The maximum Gasteiger partial charge on any atom is 0.410 e. The van der Waals surface area contributed by atoms with Crippen LogP contribution in [-0.4, -0.2) is 216 Å². The van der Waals surface area contributed by atoms with Crippen molar-refractivity contribution in [1.82, 2.24) is 59.2 Å². The van der Waals surface area contributed by atoms with Crippen molar-refractivity contribution in [3.63, 3.8) is 0 Å². The summed E-state index contributed by atoms with van der Waals surface area (Å²) in [6.45, 7) is 19.2. The van der Waals surface area contributed by atoms with Gasteiger partial charge in [0.1, 0.15) is 60.7 Å². The van der Waals surface area contributed by atoms with Crippen LogP contribution in [0.25, 0.3) is 21.9 Å². The van der Waals surface area contributed by atoms with E-state index in [2.05, 4.69) is 35.2 Å². The number of piperazine rings is 2. The SMILES string of the molecule is CC(C)(C)OC(=O)N1CCNCC1.Cc1nc2n(c(=O)c1CCN1CCC(c3noc4cc(F)ccc34)CC1)CCCC2OCC(=O)N1CCN(C(=O)CC(=O)O)CC1.Cc1nc2n(c(=O)c1CCN1CCC(c3noc4cc(F)ccc34)CC1)CCCC2OCC(=O)O.O=C1CCC(=O)O1. The Kier molecular flexibility index (Phi) is 25.3. The lowest BCUT2D eigenvalue weighted by molar-refractivity contribution is -0.152. The lowest BCUT2D eigenvalue weighted by Crippen LogP contribution is -2.51. The highest BCUT2D eigenvalue weighted by Crippen LogP contribution is 2.35. The normalized spacial score (nSPS) is 19.3. The molecule has 31 heteroatoms. The number of ether oxygens (including phenoxy) is 4. The fourth-order valence-corrected chi connectivity index (χ4v) is 13.7. The fourth-order valence-electron chi connectivity index (χ4n) is 13.7. The van der Waals surface area contributed by atoms with Gasteiger partial charge in [0.15, 0.2) is 11.2 Å². The van der Waals surface area contributed by atoms with Crippen LogP contribution in [0.15, 0.2) is 55.0 Å². The number of rotatable bonds is 16. The van der Waals surface area contributed by atoms with E-state index in [0.717, 1.165) is 126 Å². The molecule has 7 aliphatic heterocycles. The van der Waals surface area contributed by atoms with E-state index in [1.165, 1.54) is 29.2 Å². The number of likely N-dealkylation sites (tertiary alicyclic amines) is 2. The van der Waals surface area contributed by atoms with Crippen molar-refractivity contribution >= 4 is 63.7 Å². The maximum atomic E-state index is 13.6. The van der Waals surface area contributed by atoms with E-state index in [-0.39, 0.29) is 84.7 Å². The van der Waals surface area contributed by atoms with Crippen LogP contribution in [0.2, 0.25) is 0 Å². The summed E-state index contributed by atoms with van der Waals surface area (Å²) >= 11 is 0. The summed E-state index contributed by atoms with van der Waals surface area (Å²) in [6, 6.07) is 9.07. The van der Waals surface area contributed by atoms with Crippen molar-refractivity contribution in [2.45, 2.75) is 161 Å². The molecule has 3 N–H and O–H groups in total. The molecule has 5 saturated heterocycles. The number of esters is 2. The Morgan fingerprint density at radius 3 is 1.44 bits per heavy atom. The van der Waals surface area contributed by atoms with Gasteiger partial charge in [0, 0.05) is 136 Å². The Morgan fingerprint density at radius 2 is 1.02 bits per heavy atom. The zero-order chi connectivity index (χ0) is 72.1. The van der Waals surface area contributed by atoms with Gasteiger partial charge < -0.3 is 68.0 Å². The number of benzene rings is 2. The van der Waals surface area contributed by atoms with Gasteiger partial charge in [0.2, 0.25) is 11.8 Å². The number of halogens is 2. The number of piperidine rings is 2. The predicted molar refractivity (Wildman–Crippen MR) is 359 cm³/mol. The number of carbonyl (C=O) groups is 7. The van der Waals surface area contributed by atoms with E-state index in [1.807, 2.05) is 34.6 Å². The Bertz CT molecular complexity index is 4070. The molecule has 3 amide bonds. The summed E-state index contributed by atoms with van der Waals surface area (Å²) in [6.07, 6.45) is 6.44. The smallest absolute Gasteiger partial charge is 0.410 e. The number of nitrogens with zero attached hydrogens (tertiary/aromatic N) is 11. The van der Waals surface area contributed by atoms with Crippen molar-refractivity contribution in [1.29, 1.82) is 0 Å². The summed E-state index contributed by atoms with van der Waals surface area (Å²) < 4.78 is 61.9. The topological polar surface area (TPSA) is 347 Å². The van der Waals surface area contributed by atoms with Gasteiger partial charge in [-0.2, -0.15) is 0 Å². The molecule has 2 aromatic carbocycles. The van der Waals surface area contributed by atoms with Crippen molar-refractivity contribution in [2.75, 3.05) is 105 Å². The third kappa shape index (κ3) is 19.8. The van der Waals surface area contributed by atoms with Gasteiger partial charge in [-0.05, 0) is 149 Å². The van der Waals surface area contributed by atoms with E-state index >= 15 is 0 Å². The van der Waals surface area contributed by atoms with Crippen LogP contribution in [0.1, 0.15) is 161 Å². The van der Waals surface area contributed by atoms with Crippen LogP contribution in [-0.2, 0) is 73.6 Å². The number of cyclic esters (lactones) is 2. The lowest BCUT2D eigenvalue weighted by Gasteiger charge is -2.35. The number of hydrogen-bond donors (Lipinski definition) is 3. The number of carboxylic acid groups (broad SMARTS) is 2. The zero-order valence-corrected chi connectivity index (χ0v) is 57.9. The number of hydrogen-bond acceptors (Lipinski definition) is 22. The highest BCUT2D eigenvalue weighted by Gasteiger charge is 2.33. The molecular weight excluding hydrogens is 1320 g/mol. The second-order valence-electron chi connectivity index (χ2n) is 27.3. The highest BCUT2D eigenvalue weighted by molar-refractivity contribution is 5.94. The minimum Gasteiger partial charge on any atom is -0.481 e. The number of aryl methyl sites for hydroxylation is 2. The second-order valence-corrected chi connectivity index (χ2v) is 27.3. The number of aromatic nitrogens is 6. The average Bonchev–Trinajstić information content (AvgIpc) is 0.935. The van der Waals surface area contributed by atoms with Gasteiger partial charge in [-0.3, -0.25) is 42.7 Å². The predicted octanol–water partition coefficient (Wildman–Crippen LogP) is 6.12. The molecule has 4 aromatic heterocycles. The highest BCUT2D eigenvalue weighted by atomic mass is 19.1. The molecule has 0 bridgehead atoms. The van der Waals surface area contributed by atoms with Crippen LogP contribution in [0.4, 0.5) is 13.6 Å². The largest absolute Gasteiger partial charge is 0.481 e. The maximum absolute atomic E-state index is 13.6. The van der Waals surface area contributed by atoms with E-state index in [9.17, 15) is 51.9 Å². The number of carbonyl (C=O) groups excluding carboxylic acids is 5. The Hall–Kier alpha value is -8.91. The molecular formula is C70H90F2N12O17. The molecule has 5 fully saturated rings. The molecule has 11 heterocycles. The number of fused-ring (bicyclic) bond motifs is 4. The zero-order valence-electron chi connectivity index (χ0n) is 57.9. The molecule has 2 unspecified atom stereocenters. The Balaban J connectivity index is 0.000000174. The molecule has 0 spiro atoms. The summed E-state index contributed by atoms with van der Waals surface area (Å²) in [4.78, 5) is 124. The van der Waals surface area contributed by atoms with E-state index in [0.29, 0.717) is 97.2 Å². The number of aliphatic carboxylic acids is 2. The molecule has 101 heavy (non-hydrogen) atoms. The second kappa shape index (κ2) is 34.2. The van der Waals surface area contributed by atoms with Gasteiger partial charge in [0.05, 0.1) is 24.2 Å². The van der Waals surface area contributed by atoms with Crippen molar-refractivity contribution in [3.8, 4) is 0 Å². The number of nitrogens with one attached hydrogen (secondary N) is 1. The Labute approximate surface area is 581 Å². The quantitative estimate of drug-likeness (QED) is 0.0725.